The summed E-state index contributed by atoms with van der Waals surface area (Å²) in [6.07, 6.45) is 3.12. The SMILES string of the molecule is COc1cccc(OC)c1C(=O)NCCC1CCCCN1S(=O)(=O)c1ccc(C)cc1. The molecule has 1 aliphatic rings. The Bertz CT molecular complexity index is 983. The largest absolute Gasteiger partial charge is 0.496 e. The Labute approximate surface area is 184 Å². The third-order valence-corrected chi connectivity index (χ3v) is 7.58. The first kappa shape index (κ1) is 23.1. The molecule has 1 heterocycles. The lowest BCUT2D eigenvalue weighted by atomic mass is 10.0. The Morgan fingerprint density at radius 1 is 1.06 bits per heavy atom. The molecule has 0 spiro atoms. The number of hydrogen-bond donors (Lipinski definition) is 1. The van der Waals surface area contributed by atoms with E-state index < -0.39 is 10.0 Å². The molecular formula is C23H30N2O5S. The summed E-state index contributed by atoms with van der Waals surface area (Å²) in [6, 6.07) is 11.9. The number of carbonyl (C=O) groups is 1. The molecule has 2 aromatic carbocycles. The second-order valence-electron chi connectivity index (χ2n) is 7.66. The van der Waals surface area contributed by atoms with E-state index in [0.717, 1.165) is 24.8 Å². The molecule has 1 atom stereocenters. The third-order valence-electron chi connectivity index (χ3n) is 5.62. The number of sulfonamides is 1. The Kier molecular flexibility index (Phi) is 7.56. The van der Waals surface area contributed by atoms with Crippen LogP contribution in [0.1, 0.15) is 41.6 Å². The zero-order valence-electron chi connectivity index (χ0n) is 18.3. The van der Waals surface area contributed by atoms with E-state index in [1.807, 2.05) is 19.1 Å². The number of nitrogens with zero attached hydrogens (tertiary/aromatic N) is 1. The van der Waals surface area contributed by atoms with E-state index in [1.54, 1.807) is 34.6 Å². The minimum Gasteiger partial charge on any atom is -0.496 e. The summed E-state index contributed by atoms with van der Waals surface area (Å²) >= 11 is 0. The molecule has 0 radical (unpaired) electrons. The van der Waals surface area contributed by atoms with E-state index in [9.17, 15) is 13.2 Å². The molecule has 8 heteroatoms. The van der Waals surface area contributed by atoms with E-state index >= 15 is 0 Å². The van der Waals surface area contributed by atoms with Crippen LogP contribution in [0.2, 0.25) is 0 Å². The molecule has 1 aliphatic heterocycles. The maximum absolute atomic E-state index is 13.2. The molecule has 1 unspecified atom stereocenters. The van der Waals surface area contributed by atoms with Gasteiger partial charge in [0, 0.05) is 19.1 Å². The maximum Gasteiger partial charge on any atom is 0.258 e. The van der Waals surface area contributed by atoms with Crippen molar-refractivity contribution in [3.05, 3.63) is 53.6 Å². The van der Waals surface area contributed by atoms with Crippen LogP contribution in [0.4, 0.5) is 0 Å². The van der Waals surface area contributed by atoms with Crippen molar-refractivity contribution in [2.75, 3.05) is 27.3 Å². The van der Waals surface area contributed by atoms with Gasteiger partial charge in [-0.15, -0.1) is 0 Å². The molecule has 0 aliphatic carbocycles. The second-order valence-corrected chi connectivity index (χ2v) is 9.55. The summed E-state index contributed by atoms with van der Waals surface area (Å²) in [5.41, 5.74) is 1.35. The van der Waals surface area contributed by atoms with Crippen molar-refractivity contribution < 1.29 is 22.7 Å². The average molecular weight is 447 g/mol. The number of hydrogen-bond acceptors (Lipinski definition) is 5. The van der Waals surface area contributed by atoms with E-state index in [0.29, 0.717) is 41.5 Å². The standard InChI is InChI=1S/C23H30N2O5S/c1-17-10-12-19(13-11-17)31(27,28)25-16-5-4-7-18(25)14-15-24-23(26)22-20(29-2)8-6-9-21(22)30-3/h6,8-13,18H,4-5,7,14-16H2,1-3H3,(H,24,26). The van der Waals surface area contributed by atoms with Crippen molar-refractivity contribution in [2.45, 2.75) is 43.5 Å². The van der Waals surface area contributed by atoms with Gasteiger partial charge in [0.2, 0.25) is 10.0 Å². The van der Waals surface area contributed by atoms with Crippen LogP contribution in [0.3, 0.4) is 0 Å². The molecule has 1 fully saturated rings. The Morgan fingerprint density at radius 2 is 1.71 bits per heavy atom. The Morgan fingerprint density at radius 3 is 2.32 bits per heavy atom. The highest BCUT2D eigenvalue weighted by Gasteiger charge is 2.33. The second kappa shape index (κ2) is 10.2. The van der Waals surface area contributed by atoms with Crippen molar-refractivity contribution in [3.63, 3.8) is 0 Å². The summed E-state index contributed by atoms with van der Waals surface area (Å²) < 4.78 is 38.6. The lowest BCUT2D eigenvalue weighted by Crippen LogP contribution is -2.45. The molecule has 0 aromatic heterocycles. The molecule has 2 aromatic rings. The van der Waals surface area contributed by atoms with Crippen LogP contribution in [0.5, 0.6) is 11.5 Å². The fourth-order valence-corrected chi connectivity index (χ4v) is 5.66. The van der Waals surface area contributed by atoms with Gasteiger partial charge in [-0.1, -0.05) is 30.2 Å². The van der Waals surface area contributed by atoms with Gasteiger partial charge in [0.1, 0.15) is 17.1 Å². The average Bonchev–Trinajstić information content (AvgIpc) is 2.78. The van der Waals surface area contributed by atoms with Gasteiger partial charge in [-0.05, 0) is 50.5 Å². The fraction of sp³-hybridized carbons (Fsp3) is 0.435. The van der Waals surface area contributed by atoms with Crippen LogP contribution in [0.25, 0.3) is 0 Å². The predicted molar refractivity (Wildman–Crippen MR) is 119 cm³/mol. The number of aryl methyl sites for hydroxylation is 1. The molecule has 3 rings (SSSR count). The quantitative estimate of drug-likeness (QED) is 0.672. The molecule has 7 nitrogen and oxygen atoms in total. The van der Waals surface area contributed by atoms with Crippen molar-refractivity contribution >= 4 is 15.9 Å². The summed E-state index contributed by atoms with van der Waals surface area (Å²) in [7, 11) is -0.569. The van der Waals surface area contributed by atoms with E-state index in [4.69, 9.17) is 9.47 Å². The molecular weight excluding hydrogens is 416 g/mol. The summed E-state index contributed by atoms with van der Waals surface area (Å²) in [6.45, 7) is 2.78. The number of carbonyl (C=O) groups excluding carboxylic acids is 1. The third kappa shape index (κ3) is 5.19. The van der Waals surface area contributed by atoms with Gasteiger partial charge in [-0.25, -0.2) is 8.42 Å². The van der Waals surface area contributed by atoms with Gasteiger partial charge in [-0.2, -0.15) is 4.31 Å². The van der Waals surface area contributed by atoms with Gasteiger partial charge in [0.15, 0.2) is 0 Å². The predicted octanol–water partition coefficient (Wildman–Crippen LogP) is 3.38. The Balaban J connectivity index is 1.69. The van der Waals surface area contributed by atoms with Gasteiger partial charge < -0.3 is 14.8 Å². The van der Waals surface area contributed by atoms with Crippen molar-refractivity contribution in [3.8, 4) is 11.5 Å². The topological polar surface area (TPSA) is 84.9 Å². The molecule has 1 saturated heterocycles. The van der Waals surface area contributed by atoms with Crippen LogP contribution in [-0.2, 0) is 10.0 Å². The molecule has 0 saturated carbocycles. The number of benzene rings is 2. The van der Waals surface area contributed by atoms with Crippen LogP contribution < -0.4 is 14.8 Å². The van der Waals surface area contributed by atoms with E-state index in [2.05, 4.69) is 5.32 Å². The van der Waals surface area contributed by atoms with Crippen LogP contribution in [0.15, 0.2) is 47.4 Å². The van der Waals surface area contributed by atoms with Gasteiger partial charge in [0.25, 0.3) is 5.91 Å². The molecule has 0 bridgehead atoms. The van der Waals surface area contributed by atoms with E-state index in [1.165, 1.54) is 14.2 Å². The van der Waals surface area contributed by atoms with Gasteiger partial charge >= 0.3 is 0 Å². The summed E-state index contributed by atoms with van der Waals surface area (Å²) in [4.78, 5) is 13.1. The maximum atomic E-state index is 13.2. The minimum atomic E-state index is -3.57. The zero-order chi connectivity index (χ0) is 22.4. The highest BCUT2D eigenvalue weighted by Crippen LogP contribution is 2.29. The van der Waals surface area contributed by atoms with Crippen molar-refractivity contribution in [2.24, 2.45) is 0 Å². The monoisotopic (exact) mass is 446 g/mol. The first-order valence-corrected chi connectivity index (χ1v) is 11.9. The first-order chi connectivity index (χ1) is 14.9. The molecule has 31 heavy (non-hydrogen) atoms. The zero-order valence-corrected chi connectivity index (χ0v) is 19.1. The van der Waals surface area contributed by atoms with Crippen LogP contribution in [-0.4, -0.2) is 52.0 Å². The Hall–Kier alpha value is -2.58. The van der Waals surface area contributed by atoms with E-state index in [-0.39, 0.29) is 11.9 Å². The number of nitrogens with one attached hydrogen (secondary N) is 1. The smallest absolute Gasteiger partial charge is 0.258 e. The number of rotatable bonds is 8. The van der Waals surface area contributed by atoms with Crippen molar-refractivity contribution in [1.82, 2.24) is 9.62 Å². The molecule has 168 valence electrons. The number of methoxy groups -OCH3 is 2. The lowest BCUT2D eigenvalue weighted by molar-refractivity contribution is 0.0943. The number of amides is 1. The summed E-state index contributed by atoms with van der Waals surface area (Å²) in [5.74, 6) is 0.550. The minimum absolute atomic E-state index is 0.153. The highest BCUT2D eigenvalue weighted by molar-refractivity contribution is 7.89. The van der Waals surface area contributed by atoms with Gasteiger partial charge in [-0.3, -0.25) is 4.79 Å². The highest BCUT2D eigenvalue weighted by atomic mass is 32.2. The van der Waals surface area contributed by atoms with Crippen molar-refractivity contribution in [1.29, 1.82) is 0 Å². The number of ether oxygens (including phenoxy) is 2. The fourth-order valence-electron chi connectivity index (χ4n) is 3.94. The number of piperidine rings is 1. The molecule has 1 N–H and O–H groups in total. The molecule has 1 amide bonds. The summed E-state index contributed by atoms with van der Waals surface area (Å²) in [5, 5.41) is 2.89. The first-order valence-electron chi connectivity index (χ1n) is 10.5. The normalized spacial score (nSPS) is 17.2. The van der Waals surface area contributed by atoms with Crippen LogP contribution in [0, 0.1) is 6.92 Å². The lowest BCUT2D eigenvalue weighted by Gasteiger charge is -2.34. The van der Waals surface area contributed by atoms with Crippen LogP contribution >= 0.6 is 0 Å². The van der Waals surface area contributed by atoms with Gasteiger partial charge in [0.05, 0.1) is 19.1 Å².